The number of anilines is 1. The van der Waals surface area contributed by atoms with E-state index in [4.69, 9.17) is 34.8 Å². The van der Waals surface area contributed by atoms with Gasteiger partial charge in [-0.3, -0.25) is 4.79 Å². The zero-order valence-electron chi connectivity index (χ0n) is 9.16. The Kier molecular flexibility index (Phi) is 4.18. The van der Waals surface area contributed by atoms with Crippen LogP contribution in [0.1, 0.15) is 16.7 Å². The molecule has 1 aromatic carbocycles. The maximum absolute atomic E-state index is 11.5. The van der Waals surface area contributed by atoms with Gasteiger partial charge in [0, 0.05) is 22.5 Å². The number of carbonyl (C=O) groups is 1. The van der Waals surface area contributed by atoms with Crippen LogP contribution in [0.5, 0.6) is 0 Å². The van der Waals surface area contributed by atoms with Crippen LogP contribution in [0.3, 0.4) is 0 Å². The smallest absolute Gasteiger partial charge is 0.228 e. The van der Waals surface area contributed by atoms with E-state index in [0.29, 0.717) is 29.6 Å². The van der Waals surface area contributed by atoms with Crippen molar-refractivity contribution < 1.29 is 4.79 Å². The van der Waals surface area contributed by atoms with Crippen LogP contribution in [0.2, 0.25) is 5.02 Å². The average Bonchev–Trinajstić information content (AvgIpc) is 2.66. The van der Waals surface area contributed by atoms with E-state index in [9.17, 15) is 4.79 Å². The molecule has 1 aromatic rings. The van der Waals surface area contributed by atoms with Crippen LogP contribution < -0.4 is 5.32 Å². The maximum atomic E-state index is 11.5. The number of amides is 1. The van der Waals surface area contributed by atoms with Crippen molar-refractivity contribution in [2.45, 2.75) is 19.3 Å². The van der Waals surface area contributed by atoms with Crippen LogP contribution in [0.15, 0.2) is 6.07 Å². The third-order valence-corrected chi connectivity index (χ3v) is 3.61. The summed E-state index contributed by atoms with van der Waals surface area (Å²) in [6.07, 6.45) is 1.79. The van der Waals surface area contributed by atoms with Gasteiger partial charge in [0.05, 0.1) is 6.42 Å². The number of fused-ring (bicyclic) bond motifs is 1. The largest absolute Gasteiger partial charge is 0.325 e. The van der Waals surface area contributed by atoms with Gasteiger partial charge >= 0.3 is 0 Å². The van der Waals surface area contributed by atoms with Crippen molar-refractivity contribution in [2.24, 2.45) is 0 Å². The zero-order valence-corrected chi connectivity index (χ0v) is 11.4. The second-order valence-electron chi connectivity index (χ2n) is 3.95. The van der Waals surface area contributed by atoms with Gasteiger partial charge in [0.25, 0.3) is 0 Å². The molecule has 5 heteroatoms. The minimum atomic E-state index is 0.00825. The lowest BCUT2D eigenvalue weighted by molar-refractivity contribution is -0.115. The fourth-order valence-corrected chi connectivity index (χ4v) is 2.86. The molecule has 0 fully saturated rings. The predicted octanol–water partition coefficient (Wildman–Crippen LogP) is 3.40. The molecule has 2 rings (SSSR count). The van der Waals surface area contributed by atoms with Crippen LogP contribution in [0.4, 0.5) is 5.69 Å². The van der Waals surface area contributed by atoms with Crippen molar-refractivity contribution in [1.29, 1.82) is 0 Å². The van der Waals surface area contributed by atoms with Crippen molar-refractivity contribution in [3.05, 3.63) is 27.8 Å². The Morgan fingerprint density at radius 3 is 2.59 bits per heavy atom. The van der Waals surface area contributed by atoms with Crippen LogP contribution in [-0.2, 0) is 24.1 Å². The Morgan fingerprint density at radius 1 is 1.24 bits per heavy atom. The highest BCUT2D eigenvalue weighted by atomic mass is 35.5. The molecule has 2 nitrogen and oxygen atoms in total. The number of alkyl halides is 2. The molecule has 1 N–H and O–H groups in total. The first kappa shape index (κ1) is 13.0. The molecule has 0 aliphatic carbocycles. The molecule has 92 valence electrons. The molecule has 1 amide bonds. The summed E-state index contributed by atoms with van der Waals surface area (Å²) in [6, 6.07) is 1.91. The average molecular weight is 293 g/mol. The summed E-state index contributed by atoms with van der Waals surface area (Å²) in [5.74, 6) is 1.01. The van der Waals surface area contributed by atoms with E-state index in [0.717, 1.165) is 28.8 Å². The van der Waals surface area contributed by atoms with E-state index >= 15 is 0 Å². The van der Waals surface area contributed by atoms with Crippen molar-refractivity contribution in [3.63, 3.8) is 0 Å². The van der Waals surface area contributed by atoms with Gasteiger partial charge in [-0.15, -0.1) is 23.2 Å². The van der Waals surface area contributed by atoms with Gasteiger partial charge in [-0.05, 0) is 35.6 Å². The highest BCUT2D eigenvalue weighted by Crippen LogP contribution is 2.36. The summed E-state index contributed by atoms with van der Waals surface area (Å²) in [6.45, 7) is 0. The van der Waals surface area contributed by atoms with Gasteiger partial charge in [-0.1, -0.05) is 11.6 Å². The highest BCUT2D eigenvalue weighted by molar-refractivity contribution is 6.32. The molecule has 0 radical (unpaired) electrons. The van der Waals surface area contributed by atoms with Crippen molar-refractivity contribution in [2.75, 3.05) is 17.1 Å². The zero-order chi connectivity index (χ0) is 12.4. The topological polar surface area (TPSA) is 29.1 Å². The standard InChI is InChI=1S/C12H12Cl3NO/c13-3-1-7-5-10(15)8(2-4-14)12-9(7)6-11(17)16-12/h5H,1-4,6H2,(H,16,17). The molecule has 1 aliphatic heterocycles. The molecule has 0 unspecified atom stereocenters. The SMILES string of the molecule is O=C1Cc2c(CCCl)cc(Cl)c(CCCl)c2N1. The molecule has 0 saturated carbocycles. The quantitative estimate of drug-likeness (QED) is 0.847. The Labute approximate surface area is 115 Å². The highest BCUT2D eigenvalue weighted by Gasteiger charge is 2.25. The Bertz CT molecular complexity index is 460. The molecule has 1 aliphatic rings. The Balaban J connectivity index is 2.51. The number of halogens is 3. The van der Waals surface area contributed by atoms with Gasteiger partial charge in [-0.25, -0.2) is 0 Å². The summed E-state index contributed by atoms with van der Waals surface area (Å²) in [4.78, 5) is 11.5. The Morgan fingerprint density at radius 2 is 1.94 bits per heavy atom. The van der Waals surface area contributed by atoms with Crippen molar-refractivity contribution in [1.82, 2.24) is 0 Å². The fraction of sp³-hybridized carbons (Fsp3) is 0.417. The van der Waals surface area contributed by atoms with Crippen LogP contribution >= 0.6 is 34.8 Å². The summed E-state index contributed by atoms with van der Waals surface area (Å²) >= 11 is 17.7. The maximum Gasteiger partial charge on any atom is 0.228 e. The second kappa shape index (κ2) is 5.47. The summed E-state index contributed by atoms with van der Waals surface area (Å²) in [5, 5.41) is 3.52. The van der Waals surface area contributed by atoms with E-state index in [2.05, 4.69) is 5.32 Å². The molecule has 0 atom stereocenters. The first-order valence-electron chi connectivity index (χ1n) is 5.42. The normalized spacial score (nSPS) is 13.7. The van der Waals surface area contributed by atoms with Crippen molar-refractivity contribution >= 4 is 46.4 Å². The predicted molar refractivity (Wildman–Crippen MR) is 72.6 cm³/mol. The van der Waals surface area contributed by atoms with Gasteiger partial charge < -0.3 is 5.32 Å². The lowest BCUT2D eigenvalue weighted by atomic mass is 9.98. The number of benzene rings is 1. The van der Waals surface area contributed by atoms with Gasteiger partial charge in [0.15, 0.2) is 0 Å². The summed E-state index contributed by atoms with van der Waals surface area (Å²) in [5.41, 5.74) is 3.86. The van der Waals surface area contributed by atoms with E-state index in [1.54, 1.807) is 0 Å². The number of nitrogens with one attached hydrogen (secondary N) is 1. The van der Waals surface area contributed by atoms with E-state index < -0.39 is 0 Å². The van der Waals surface area contributed by atoms with Crippen LogP contribution in [0.25, 0.3) is 0 Å². The third kappa shape index (κ3) is 2.54. The molecule has 0 saturated heterocycles. The van der Waals surface area contributed by atoms with E-state index in [1.165, 1.54) is 0 Å². The van der Waals surface area contributed by atoms with E-state index in [-0.39, 0.29) is 5.91 Å². The first-order chi connectivity index (χ1) is 8.17. The summed E-state index contributed by atoms with van der Waals surface area (Å²) in [7, 11) is 0. The van der Waals surface area contributed by atoms with Crippen LogP contribution in [0, 0.1) is 0 Å². The van der Waals surface area contributed by atoms with Gasteiger partial charge in [0.1, 0.15) is 0 Å². The first-order valence-corrected chi connectivity index (χ1v) is 6.87. The summed E-state index contributed by atoms with van der Waals surface area (Å²) < 4.78 is 0. The van der Waals surface area contributed by atoms with Gasteiger partial charge in [-0.2, -0.15) is 0 Å². The van der Waals surface area contributed by atoms with Crippen LogP contribution in [-0.4, -0.2) is 17.7 Å². The third-order valence-electron chi connectivity index (χ3n) is 2.89. The van der Waals surface area contributed by atoms with E-state index in [1.807, 2.05) is 6.07 Å². The number of hydrogen-bond acceptors (Lipinski definition) is 1. The van der Waals surface area contributed by atoms with Gasteiger partial charge in [0.2, 0.25) is 5.91 Å². The van der Waals surface area contributed by atoms with Crippen molar-refractivity contribution in [3.8, 4) is 0 Å². The number of carbonyl (C=O) groups excluding carboxylic acids is 1. The minimum absolute atomic E-state index is 0.00825. The number of rotatable bonds is 4. The lowest BCUT2D eigenvalue weighted by Crippen LogP contribution is -2.05. The monoisotopic (exact) mass is 291 g/mol. The molecule has 0 spiro atoms. The molecule has 1 heterocycles. The molecular formula is C12H12Cl3NO. The second-order valence-corrected chi connectivity index (χ2v) is 5.12. The molecule has 0 aromatic heterocycles. The molecule has 17 heavy (non-hydrogen) atoms. The Hall–Kier alpha value is -0.440. The fourth-order valence-electron chi connectivity index (χ4n) is 2.15. The number of hydrogen-bond donors (Lipinski definition) is 1. The molecular weight excluding hydrogens is 280 g/mol. The minimum Gasteiger partial charge on any atom is -0.325 e. The lowest BCUT2D eigenvalue weighted by Gasteiger charge is -2.13. The number of aryl methyl sites for hydroxylation is 1. The molecule has 0 bridgehead atoms.